The topological polar surface area (TPSA) is 73.8 Å². The fourth-order valence-electron chi connectivity index (χ4n) is 3.99. The van der Waals surface area contributed by atoms with Crippen LogP contribution in [-0.2, 0) is 9.59 Å². The fraction of sp³-hybridized carbons (Fsp3) is 0.706. The number of hydrogen-bond acceptors (Lipinski definition) is 3. The Bertz CT molecular complexity index is 525. The van der Waals surface area contributed by atoms with Crippen LogP contribution in [0, 0.1) is 29.6 Å². The molecule has 3 aliphatic rings. The summed E-state index contributed by atoms with van der Waals surface area (Å²) < 4.78 is 0. The third-order valence-corrected chi connectivity index (χ3v) is 5.09. The van der Waals surface area contributed by atoms with Gasteiger partial charge >= 0.3 is 0 Å². The van der Waals surface area contributed by atoms with E-state index in [1.165, 1.54) is 4.90 Å². The smallest absolute Gasteiger partial charge is 0.233 e. The lowest BCUT2D eigenvalue weighted by Gasteiger charge is -2.19. The Hall–Kier alpha value is -1.85. The second kappa shape index (κ2) is 6.34. The number of allylic oxidation sites excluding steroid dienone is 2. The van der Waals surface area contributed by atoms with E-state index in [2.05, 4.69) is 41.6 Å². The lowest BCUT2D eigenvalue weighted by molar-refractivity contribution is -0.140. The minimum absolute atomic E-state index is 0.0174. The van der Waals surface area contributed by atoms with Gasteiger partial charge in [0.2, 0.25) is 11.8 Å². The molecule has 4 unspecified atom stereocenters. The van der Waals surface area contributed by atoms with Crippen LogP contribution in [0.2, 0.25) is 0 Å². The van der Waals surface area contributed by atoms with Gasteiger partial charge in [-0.3, -0.25) is 19.5 Å². The molecule has 1 aliphatic heterocycles. The van der Waals surface area contributed by atoms with Crippen LogP contribution in [0.5, 0.6) is 0 Å². The Morgan fingerprint density at radius 1 is 1.22 bits per heavy atom. The number of carbonyl (C=O) groups excluding carboxylic acids is 2. The first-order valence-corrected chi connectivity index (χ1v) is 8.51. The molecule has 2 amide bonds. The lowest BCUT2D eigenvalue weighted by atomic mass is 9.85. The molecule has 4 atom stereocenters. The Kier molecular flexibility index (Phi) is 4.41. The molecule has 2 bridgehead atoms. The van der Waals surface area contributed by atoms with E-state index in [-0.39, 0.29) is 35.5 Å². The summed E-state index contributed by atoms with van der Waals surface area (Å²) in [7, 11) is 1.72. The van der Waals surface area contributed by atoms with Crippen LogP contribution in [0.3, 0.4) is 0 Å². The van der Waals surface area contributed by atoms with Gasteiger partial charge in [0.05, 0.1) is 11.8 Å². The molecule has 1 heterocycles. The molecule has 2 N–H and O–H groups in total. The van der Waals surface area contributed by atoms with Crippen molar-refractivity contribution in [2.45, 2.75) is 20.3 Å². The van der Waals surface area contributed by atoms with E-state index in [1.54, 1.807) is 7.05 Å². The molecule has 0 aromatic rings. The van der Waals surface area contributed by atoms with E-state index in [0.717, 1.165) is 13.0 Å². The molecule has 1 saturated heterocycles. The van der Waals surface area contributed by atoms with E-state index in [4.69, 9.17) is 0 Å². The van der Waals surface area contributed by atoms with Crippen molar-refractivity contribution in [3.8, 4) is 0 Å². The first-order valence-electron chi connectivity index (χ1n) is 8.51. The largest absolute Gasteiger partial charge is 0.356 e. The van der Waals surface area contributed by atoms with Crippen molar-refractivity contribution in [3.05, 3.63) is 12.2 Å². The zero-order valence-electron chi connectivity index (χ0n) is 14.1. The van der Waals surface area contributed by atoms with E-state index in [9.17, 15) is 9.59 Å². The number of aliphatic imine (C=N–C) groups is 1. The van der Waals surface area contributed by atoms with Gasteiger partial charge in [0.25, 0.3) is 0 Å². The summed E-state index contributed by atoms with van der Waals surface area (Å²) >= 11 is 0. The summed E-state index contributed by atoms with van der Waals surface area (Å²) in [6.45, 7) is 6.02. The van der Waals surface area contributed by atoms with Crippen LogP contribution < -0.4 is 10.6 Å². The summed E-state index contributed by atoms with van der Waals surface area (Å²) in [5.74, 6) is 1.62. The van der Waals surface area contributed by atoms with E-state index in [0.29, 0.717) is 25.0 Å². The third-order valence-electron chi connectivity index (χ3n) is 5.09. The van der Waals surface area contributed by atoms with Crippen molar-refractivity contribution in [1.82, 2.24) is 15.5 Å². The Labute approximate surface area is 137 Å². The number of hydrogen-bond donors (Lipinski definition) is 2. The average Bonchev–Trinajstić information content (AvgIpc) is 3.19. The lowest BCUT2D eigenvalue weighted by Crippen LogP contribution is -2.44. The monoisotopic (exact) mass is 318 g/mol. The highest BCUT2D eigenvalue weighted by molar-refractivity contribution is 6.06. The Balaban J connectivity index is 1.52. The molecule has 0 aromatic carbocycles. The predicted octanol–water partition coefficient (Wildman–Crippen LogP) is 0.615. The van der Waals surface area contributed by atoms with Crippen LogP contribution in [0.25, 0.3) is 0 Å². The average molecular weight is 318 g/mol. The number of carbonyl (C=O) groups is 2. The normalized spacial score (nSPS) is 32.2. The van der Waals surface area contributed by atoms with Crippen LogP contribution in [0.15, 0.2) is 17.1 Å². The zero-order valence-corrected chi connectivity index (χ0v) is 14.1. The molecule has 0 radical (unpaired) electrons. The molecule has 0 aromatic heterocycles. The molecule has 0 spiro atoms. The number of likely N-dealkylation sites (tertiary alicyclic amines) is 1. The molecular weight excluding hydrogens is 292 g/mol. The van der Waals surface area contributed by atoms with Crippen LogP contribution in [-0.4, -0.2) is 49.4 Å². The minimum atomic E-state index is -0.101. The van der Waals surface area contributed by atoms with Crippen LogP contribution in [0.1, 0.15) is 20.3 Å². The van der Waals surface area contributed by atoms with Gasteiger partial charge < -0.3 is 10.6 Å². The molecule has 2 fully saturated rings. The minimum Gasteiger partial charge on any atom is -0.356 e. The van der Waals surface area contributed by atoms with Crippen molar-refractivity contribution >= 4 is 17.8 Å². The van der Waals surface area contributed by atoms with Gasteiger partial charge in [0, 0.05) is 26.7 Å². The number of nitrogens with zero attached hydrogens (tertiary/aromatic N) is 2. The van der Waals surface area contributed by atoms with E-state index >= 15 is 0 Å². The first kappa shape index (κ1) is 16.0. The highest BCUT2D eigenvalue weighted by atomic mass is 16.2. The summed E-state index contributed by atoms with van der Waals surface area (Å²) in [4.78, 5) is 30.7. The van der Waals surface area contributed by atoms with Gasteiger partial charge in [-0.1, -0.05) is 26.0 Å². The summed E-state index contributed by atoms with van der Waals surface area (Å²) in [6.07, 6.45) is 5.22. The summed E-state index contributed by atoms with van der Waals surface area (Å²) in [5, 5.41) is 6.39. The molecule has 2 aliphatic carbocycles. The van der Waals surface area contributed by atoms with Crippen molar-refractivity contribution in [2.24, 2.45) is 34.6 Å². The third kappa shape index (κ3) is 2.86. The number of fused-ring (bicyclic) bond motifs is 5. The van der Waals surface area contributed by atoms with Gasteiger partial charge in [-0.25, -0.2) is 0 Å². The number of guanidine groups is 1. The maximum Gasteiger partial charge on any atom is 0.233 e. The zero-order chi connectivity index (χ0) is 16.6. The first-order chi connectivity index (χ1) is 11.0. The summed E-state index contributed by atoms with van der Waals surface area (Å²) in [6, 6.07) is 0. The number of nitrogens with one attached hydrogen (secondary N) is 2. The molecule has 6 heteroatoms. The molecule has 1 saturated carbocycles. The van der Waals surface area contributed by atoms with Gasteiger partial charge in [0.15, 0.2) is 5.96 Å². The van der Waals surface area contributed by atoms with Gasteiger partial charge in [-0.05, 0) is 24.2 Å². The maximum absolute atomic E-state index is 12.5. The molecular formula is C17H26N4O2. The van der Waals surface area contributed by atoms with E-state index in [1.807, 2.05) is 0 Å². The molecule has 6 nitrogen and oxygen atoms in total. The van der Waals surface area contributed by atoms with Crippen molar-refractivity contribution in [3.63, 3.8) is 0 Å². The maximum atomic E-state index is 12.5. The van der Waals surface area contributed by atoms with Crippen molar-refractivity contribution in [1.29, 1.82) is 0 Å². The predicted molar refractivity (Wildman–Crippen MR) is 88.6 cm³/mol. The summed E-state index contributed by atoms with van der Waals surface area (Å²) in [5.41, 5.74) is 0. The highest BCUT2D eigenvalue weighted by Gasteiger charge is 2.58. The van der Waals surface area contributed by atoms with Gasteiger partial charge in [-0.2, -0.15) is 0 Å². The van der Waals surface area contributed by atoms with Gasteiger partial charge in [0.1, 0.15) is 0 Å². The van der Waals surface area contributed by atoms with Crippen LogP contribution >= 0.6 is 0 Å². The Morgan fingerprint density at radius 2 is 1.83 bits per heavy atom. The second-order valence-corrected chi connectivity index (χ2v) is 7.10. The number of rotatable bonds is 5. The molecule has 126 valence electrons. The van der Waals surface area contributed by atoms with E-state index < -0.39 is 0 Å². The standard InChI is InChI=1S/C17H26N4O2/c1-10(2)9-20-17(18-3)19-6-7-21-15(22)13-11-4-5-12(8-11)14(13)16(21)23/h4-5,10-14H,6-9H2,1-3H3,(H2,18,19,20). The van der Waals surface area contributed by atoms with Crippen molar-refractivity contribution in [2.75, 3.05) is 26.7 Å². The van der Waals surface area contributed by atoms with Gasteiger partial charge in [-0.15, -0.1) is 0 Å². The highest BCUT2D eigenvalue weighted by Crippen LogP contribution is 2.52. The fourth-order valence-corrected chi connectivity index (χ4v) is 3.99. The quantitative estimate of drug-likeness (QED) is 0.337. The van der Waals surface area contributed by atoms with Crippen LogP contribution in [0.4, 0.5) is 0 Å². The number of imide groups is 1. The second-order valence-electron chi connectivity index (χ2n) is 7.10. The molecule has 23 heavy (non-hydrogen) atoms. The molecule has 3 rings (SSSR count). The van der Waals surface area contributed by atoms with Crippen molar-refractivity contribution < 1.29 is 9.59 Å². The SMILES string of the molecule is CN=C(NCCN1C(=O)C2C3C=CC(C3)C2C1=O)NCC(C)C. The Morgan fingerprint density at radius 3 is 2.35 bits per heavy atom. The number of amides is 2.